The lowest BCUT2D eigenvalue weighted by Gasteiger charge is -2.05. The number of methoxy groups -OCH3 is 1. The number of benzene rings is 1. The smallest absolute Gasteiger partial charge is 0.165 e. The summed E-state index contributed by atoms with van der Waals surface area (Å²) in [5.74, 6) is 0.654. The monoisotopic (exact) mass is 175 g/mol. The van der Waals surface area contributed by atoms with Gasteiger partial charge in [-0.15, -0.1) is 0 Å². The summed E-state index contributed by atoms with van der Waals surface area (Å²) < 4.78 is 4.98. The van der Waals surface area contributed by atoms with E-state index in [9.17, 15) is 5.11 Å². The number of nitrogens with zero attached hydrogens (tertiary/aromatic N) is 1. The Morgan fingerprint density at radius 3 is 2.92 bits per heavy atom. The SMILES string of the molecule is COc1ccc2cnccc2c1O. The zero-order valence-electron chi connectivity index (χ0n) is 7.19. The second-order valence-corrected chi connectivity index (χ2v) is 2.71. The first kappa shape index (κ1) is 7.86. The lowest BCUT2D eigenvalue weighted by Crippen LogP contribution is -1.84. The molecule has 0 aliphatic carbocycles. The van der Waals surface area contributed by atoms with Crippen LogP contribution in [0, 0.1) is 0 Å². The molecule has 1 N–H and O–H groups in total. The van der Waals surface area contributed by atoms with Gasteiger partial charge in [0.15, 0.2) is 11.5 Å². The topological polar surface area (TPSA) is 42.4 Å². The van der Waals surface area contributed by atoms with E-state index in [1.54, 1.807) is 24.5 Å². The summed E-state index contributed by atoms with van der Waals surface area (Å²) in [7, 11) is 1.53. The molecule has 0 saturated carbocycles. The molecule has 0 amide bonds. The van der Waals surface area contributed by atoms with Gasteiger partial charge in [-0.25, -0.2) is 0 Å². The van der Waals surface area contributed by atoms with Gasteiger partial charge in [0.2, 0.25) is 0 Å². The Labute approximate surface area is 75.6 Å². The summed E-state index contributed by atoms with van der Waals surface area (Å²) in [6.45, 7) is 0. The standard InChI is InChI=1S/C10H9NO2/c1-13-9-3-2-7-6-11-5-4-8(7)10(9)12/h2-6,12H,1H3. The van der Waals surface area contributed by atoms with Gasteiger partial charge < -0.3 is 9.84 Å². The van der Waals surface area contributed by atoms with Gasteiger partial charge in [0.25, 0.3) is 0 Å². The van der Waals surface area contributed by atoms with Crippen LogP contribution in [-0.2, 0) is 0 Å². The lowest BCUT2D eigenvalue weighted by atomic mass is 10.1. The third-order valence-corrected chi connectivity index (χ3v) is 1.97. The zero-order chi connectivity index (χ0) is 9.26. The van der Waals surface area contributed by atoms with E-state index in [0.717, 1.165) is 10.8 Å². The summed E-state index contributed by atoms with van der Waals surface area (Å²) in [6, 6.07) is 5.34. The van der Waals surface area contributed by atoms with Gasteiger partial charge in [0, 0.05) is 23.2 Å². The Morgan fingerprint density at radius 2 is 2.15 bits per heavy atom. The number of rotatable bonds is 1. The highest BCUT2D eigenvalue weighted by Crippen LogP contribution is 2.33. The number of hydrogen-bond donors (Lipinski definition) is 1. The van der Waals surface area contributed by atoms with Gasteiger partial charge >= 0.3 is 0 Å². The quantitative estimate of drug-likeness (QED) is 0.720. The molecule has 0 bridgehead atoms. The third kappa shape index (κ3) is 1.18. The molecular weight excluding hydrogens is 166 g/mol. The normalized spacial score (nSPS) is 10.2. The molecule has 0 atom stereocenters. The third-order valence-electron chi connectivity index (χ3n) is 1.97. The van der Waals surface area contributed by atoms with Gasteiger partial charge in [0.05, 0.1) is 7.11 Å². The van der Waals surface area contributed by atoms with Crippen LogP contribution in [0.4, 0.5) is 0 Å². The lowest BCUT2D eigenvalue weighted by molar-refractivity contribution is 0.376. The summed E-state index contributed by atoms with van der Waals surface area (Å²) in [4.78, 5) is 3.96. The van der Waals surface area contributed by atoms with Gasteiger partial charge in [-0.2, -0.15) is 0 Å². The number of phenols is 1. The Bertz CT molecular complexity index is 440. The first-order valence-electron chi connectivity index (χ1n) is 3.92. The fraction of sp³-hybridized carbons (Fsp3) is 0.100. The molecule has 0 radical (unpaired) electrons. The van der Waals surface area contributed by atoms with Crippen LogP contribution in [0.15, 0.2) is 30.6 Å². The van der Waals surface area contributed by atoms with E-state index in [-0.39, 0.29) is 5.75 Å². The fourth-order valence-corrected chi connectivity index (χ4v) is 1.30. The van der Waals surface area contributed by atoms with E-state index in [2.05, 4.69) is 4.98 Å². The van der Waals surface area contributed by atoms with Crippen molar-refractivity contribution in [2.24, 2.45) is 0 Å². The van der Waals surface area contributed by atoms with E-state index < -0.39 is 0 Å². The maximum Gasteiger partial charge on any atom is 0.165 e. The number of phenolic OH excluding ortho intramolecular Hbond substituents is 1. The van der Waals surface area contributed by atoms with Crippen molar-refractivity contribution in [2.75, 3.05) is 7.11 Å². The Hall–Kier alpha value is -1.77. The van der Waals surface area contributed by atoms with Crippen molar-refractivity contribution in [1.82, 2.24) is 4.98 Å². The Morgan fingerprint density at radius 1 is 1.31 bits per heavy atom. The number of pyridine rings is 1. The Kier molecular flexibility index (Phi) is 1.77. The number of hydrogen-bond acceptors (Lipinski definition) is 3. The maximum absolute atomic E-state index is 9.70. The van der Waals surface area contributed by atoms with Crippen LogP contribution in [0.3, 0.4) is 0 Å². The highest BCUT2D eigenvalue weighted by Gasteiger charge is 2.04. The summed E-state index contributed by atoms with van der Waals surface area (Å²) in [5, 5.41) is 11.4. The van der Waals surface area contributed by atoms with Crippen molar-refractivity contribution < 1.29 is 9.84 Å². The van der Waals surface area contributed by atoms with Gasteiger partial charge in [0.1, 0.15) is 0 Å². The van der Waals surface area contributed by atoms with Gasteiger partial charge in [-0.05, 0) is 18.2 Å². The van der Waals surface area contributed by atoms with Crippen molar-refractivity contribution in [2.45, 2.75) is 0 Å². The molecule has 2 aromatic rings. The van der Waals surface area contributed by atoms with E-state index >= 15 is 0 Å². The largest absolute Gasteiger partial charge is 0.504 e. The molecule has 0 unspecified atom stereocenters. The molecular formula is C10H9NO2. The van der Waals surface area contributed by atoms with Gasteiger partial charge in [-0.1, -0.05) is 0 Å². The second-order valence-electron chi connectivity index (χ2n) is 2.71. The summed E-state index contributed by atoms with van der Waals surface area (Å²) in [5.41, 5.74) is 0. The molecule has 0 fully saturated rings. The van der Waals surface area contributed by atoms with Crippen molar-refractivity contribution in [3.05, 3.63) is 30.6 Å². The highest BCUT2D eigenvalue weighted by atomic mass is 16.5. The minimum absolute atomic E-state index is 0.169. The van der Waals surface area contributed by atoms with Crippen molar-refractivity contribution in [3.8, 4) is 11.5 Å². The van der Waals surface area contributed by atoms with Crippen LogP contribution < -0.4 is 4.74 Å². The predicted octanol–water partition coefficient (Wildman–Crippen LogP) is 1.95. The number of aromatic hydroxyl groups is 1. The fourth-order valence-electron chi connectivity index (χ4n) is 1.30. The molecule has 2 rings (SSSR count). The number of aromatic nitrogens is 1. The summed E-state index contributed by atoms with van der Waals surface area (Å²) in [6.07, 6.45) is 3.34. The van der Waals surface area contributed by atoms with E-state index in [0.29, 0.717) is 5.75 Å². The van der Waals surface area contributed by atoms with Crippen molar-refractivity contribution in [3.63, 3.8) is 0 Å². The second kappa shape index (κ2) is 2.94. The molecule has 3 nitrogen and oxygen atoms in total. The van der Waals surface area contributed by atoms with E-state index in [1.165, 1.54) is 7.11 Å². The van der Waals surface area contributed by atoms with E-state index in [1.807, 2.05) is 6.07 Å². The van der Waals surface area contributed by atoms with Crippen molar-refractivity contribution in [1.29, 1.82) is 0 Å². The predicted molar refractivity (Wildman–Crippen MR) is 50.0 cm³/mol. The van der Waals surface area contributed by atoms with Crippen LogP contribution >= 0.6 is 0 Å². The first-order chi connectivity index (χ1) is 6.33. The van der Waals surface area contributed by atoms with Crippen LogP contribution in [0.2, 0.25) is 0 Å². The molecule has 0 spiro atoms. The molecule has 13 heavy (non-hydrogen) atoms. The molecule has 1 aromatic carbocycles. The highest BCUT2D eigenvalue weighted by molar-refractivity contribution is 5.89. The molecule has 66 valence electrons. The first-order valence-corrected chi connectivity index (χ1v) is 3.92. The summed E-state index contributed by atoms with van der Waals surface area (Å²) >= 11 is 0. The van der Waals surface area contributed by atoms with E-state index in [4.69, 9.17) is 4.74 Å². The van der Waals surface area contributed by atoms with Crippen LogP contribution in [-0.4, -0.2) is 17.2 Å². The molecule has 0 aliphatic heterocycles. The molecule has 0 aliphatic rings. The van der Waals surface area contributed by atoms with Crippen LogP contribution in [0.25, 0.3) is 10.8 Å². The van der Waals surface area contributed by atoms with Crippen molar-refractivity contribution >= 4 is 10.8 Å². The van der Waals surface area contributed by atoms with Crippen LogP contribution in [0.1, 0.15) is 0 Å². The van der Waals surface area contributed by atoms with Crippen LogP contribution in [0.5, 0.6) is 11.5 Å². The average molecular weight is 175 g/mol. The minimum Gasteiger partial charge on any atom is -0.504 e. The number of fused-ring (bicyclic) bond motifs is 1. The average Bonchev–Trinajstić information content (AvgIpc) is 2.19. The molecule has 3 heteroatoms. The molecule has 1 heterocycles. The minimum atomic E-state index is 0.169. The van der Waals surface area contributed by atoms with Gasteiger partial charge in [-0.3, -0.25) is 4.98 Å². The Balaban J connectivity index is 2.79. The maximum atomic E-state index is 9.70. The molecule has 1 aromatic heterocycles. The zero-order valence-corrected chi connectivity index (χ0v) is 7.19. The molecule has 0 saturated heterocycles. The number of ether oxygens (including phenoxy) is 1.